The van der Waals surface area contributed by atoms with E-state index in [1.54, 1.807) is 0 Å². The van der Waals surface area contributed by atoms with Gasteiger partial charge in [-0.15, -0.1) is 5.10 Å². The lowest BCUT2D eigenvalue weighted by Crippen LogP contribution is -1.95. The van der Waals surface area contributed by atoms with Gasteiger partial charge in [0.15, 0.2) is 4.88 Å². The molecule has 0 aliphatic rings. The predicted octanol–water partition coefficient (Wildman–Crippen LogP) is 2.04. The Bertz CT molecular complexity index is 495. The molecule has 4 nitrogen and oxygen atoms in total. The lowest BCUT2D eigenvalue weighted by Gasteiger charge is -1.96. The fourth-order valence-corrected chi connectivity index (χ4v) is 1.65. The Morgan fingerprint density at radius 2 is 2.00 bits per heavy atom. The third-order valence-electron chi connectivity index (χ3n) is 1.80. The van der Waals surface area contributed by atoms with Crippen molar-refractivity contribution in [1.82, 2.24) is 9.59 Å². The Labute approximate surface area is 88.2 Å². The van der Waals surface area contributed by atoms with E-state index in [4.69, 9.17) is 5.11 Å². The standard InChI is InChI=1S/C9H5FN2O2S/c10-6-3-1-5(2-4-6)7-8(9(13)14)15-12-11-7/h1-4H,(H,13,14). The zero-order valence-corrected chi connectivity index (χ0v) is 8.16. The number of carboxylic acids is 1. The van der Waals surface area contributed by atoms with Crippen LogP contribution in [-0.2, 0) is 0 Å². The SMILES string of the molecule is O=C(O)c1snnc1-c1ccc(F)cc1. The number of hydrogen-bond acceptors (Lipinski definition) is 4. The first-order chi connectivity index (χ1) is 7.18. The van der Waals surface area contributed by atoms with Crippen LogP contribution in [-0.4, -0.2) is 20.7 Å². The summed E-state index contributed by atoms with van der Waals surface area (Å²) < 4.78 is 16.2. The second-order valence-electron chi connectivity index (χ2n) is 2.76. The lowest BCUT2D eigenvalue weighted by molar-refractivity contribution is 0.0702. The minimum atomic E-state index is -1.08. The van der Waals surface area contributed by atoms with Crippen LogP contribution in [0.4, 0.5) is 4.39 Å². The van der Waals surface area contributed by atoms with Crippen molar-refractivity contribution in [3.05, 3.63) is 35.0 Å². The number of benzene rings is 1. The van der Waals surface area contributed by atoms with Gasteiger partial charge in [0, 0.05) is 5.56 Å². The molecular weight excluding hydrogens is 219 g/mol. The Balaban J connectivity index is 2.49. The van der Waals surface area contributed by atoms with Crippen molar-refractivity contribution in [2.45, 2.75) is 0 Å². The van der Waals surface area contributed by atoms with Gasteiger partial charge >= 0.3 is 5.97 Å². The average molecular weight is 224 g/mol. The van der Waals surface area contributed by atoms with Gasteiger partial charge in [0.25, 0.3) is 0 Å². The van der Waals surface area contributed by atoms with Gasteiger partial charge in [0.2, 0.25) is 0 Å². The summed E-state index contributed by atoms with van der Waals surface area (Å²) in [5.74, 6) is -1.46. The number of aromatic nitrogens is 2. The lowest BCUT2D eigenvalue weighted by atomic mass is 10.1. The number of rotatable bonds is 2. The van der Waals surface area contributed by atoms with Crippen LogP contribution in [0.3, 0.4) is 0 Å². The molecule has 0 saturated carbocycles. The molecule has 0 aliphatic carbocycles. The minimum Gasteiger partial charge on any atom is -0.477 e. The minimum absolute atomic E-state index is 0.0570. The van der Waals surface area contributed by atoms with Crippen molar-refractivity contribution < 1.29 is 14.3 Å². The molecule has 0 aliphatic heterocycles. The van der Waals surface area contributed by atoms with Crippen LogP contribution in [0.2, 0.25) is 0 Å². The first kappa shape index (κ1) is 9.72. The van der Waals surface area contributed by atoms with Gasteiger partial charge in [0.05, 0.1) is 0 Å². The topological polar surface area (TPSA) is 63.1 Å². The van der Waals surface area contributed by atoms with Gasteiger partial charge in [0.1, 0.15) is 11.5 Å². The number of halogens is 1. The van der Waals surface area contributed by atoms with Crippen LogP contribution in [0.1, 0.15) is 9.67 Å². The highest BCUT2D eigenvalue weighted by Gasteiger charge is 2.16. The molecule has 2 rings (SSSR count). The molecule has 2 aromatic rings. The monoisotopic (exact) mass is 224 g/mol. The molecule has 0 atom stereocenters. The summed E-state index contributed by atoms with van der Waals surface area (Å²) in [6, 6.07) is 5.44. The molecule has 0 bridgehead atoms. The van der Waals surface area contributed by atoms with E-state index in [0.29, 0.717) is 5.56 Å². The van der Waals surface area contributed by atoms with E-state index in [-0.39, 0.29) is 16.4 Å². The first-order valence-electron chi connectivity index (χ1n) is 4.00. The summed E-state index contributed by atoms with van der Waals surface area (Å²) in [5, 5.41) is 12.5. The Kier molecular flexibility index (Phi) is 2.42. The smallest absolute Gasteiger partial charge is 0.349 e. The molecule has 0 saturated heterocycles. The van der Waals surface area contributed by atoms with Gasteiger partial charge in [-0.1, -0.05) is 4.49 Å². The average Bonchev–Trinajstić information content (AvgIpc) is 2.67. The second-order valence-corrected chi connectivity index (χ2v) is 3.52. The largest absolute Gasteiger partial charge is 0.477 e. The molecule has 15 heavy (non-hydrogen) atoms. The molecule has 1 heterocycles. The predicted molar refractivity (Wildman–Crippen MR) is 52.3 cm³/mol. The van der Waals surface area contributed by atoms with Crippen molar-refractivity contribution in [2.75, 3.05) is 0 Å². The number of carbonyl (C=O) groups is 1. The molecule has 1 aromatic heterocycles. The fraction of sp³-hybridized carbons (Fsp3) is 0. The van der Waals surface area contributed by atoms with Gasteiger partial charge in [-0.3, -0.25) is 0 Å². The van der Waals surface area contributed by atoms with Crippen molar-refractivity contribution in [3.8, 4) is 11.3 Å². The van der Waals surface area contributed by atoms with Gasteiger partial charge in [-0.2, -0.15) is 0 Å². The van der Waals surface area contributed by atoms with E-state index in [0.717, 1.165) is 11.5 Å². The molecule has 6 heteroatoms. The Morgan fingerprint density at radius 3 is 2.60 bits per heavy atom. The van der Waals surface area contributed by atoms with E-state index in [1.807, 2.05) is 0 Å². The maximum Gasteiger partial charge on any atom is 0.349 e. The van der Waals surface area contributed by atoms with Gasteiger partial charge < -0.3 is 5.11 Å². The van der Waals surface area contributed by atoms with Crippen molar-refractivity contribution in [3.63, 3.8) is 0 Å². The first-order valence-corrected chi connectivity index (χ1v) is 4.77. The van der Waals surface area contributed by atoms with Crippen LogP contribution in [0.15, 0.2) is 24.3 Å². The summed E-state index contributed by atoms with van der Waals surface area (Å²) in [6.07, 6.45) is 0. The van der Waals surface area contributed by atoms with Gasteiger partial charge in [-0.25, -0.2) is 9.18 Å². The third-order valence-corrected chi connectivity index (χ3v) is 2.51. The quantitative estimate of drug-likeness (QED) is 0.847. The number of aromatic carboxylic acids is 1. The third kappa shape index (κ3) is 1.84. The summed E-state index contributed by atoms with van der Waals surface area (Å²) in [7, 11) is 0. The van der Waals surface area contributed by atoms with Crippen molar-refractivity contribution in [1.29, 1.82) is 0 Å². The molecule has 0 fully saturated rings. The van der Waals surface area contributed by atoms with Crippen molar-refractivity contribution >= 4 is 17.5 Å². The molecule has 0 radical (unpaired) electrons. The van der Waals surface area contributed by atoms with E-state index in [2.05, 4.69) is 9.59 Å². The molecule has 1 N–H and O–H groups in total. The second kappa shape index (κ2) is 3.74. The number of nitrogens with zero attached hydrogens (tertiary/aromatic N) is 2. The van der Waals surface area contributed by atoms with Crippen molar-refractivity contribution in [2.24, 2.45) is 0 Å². The molecule has 76 valence electrons. The fourth-order valence-electron chi connectivity index (χ4n) is 1.13. The van der Waals surface area contributed by atoms with E-state index in [9.17, 15) is 9.18 Å². The van der Waals surface area contributed by atoms with Gasteiger partial charge in [-0.05, 0) is 35.8 Å². The highest BCUT2D eigenvalue weighted by molar-refractivity contribution is 7.08. The highest BCUT2D eigenvalue weighted by atomic mass is 32.1. The van der Waals surface area contributed by atoms with Crippen LogP contribution in [0, 0.1) is 5.82 Å². The molecule has 0 spiro atoms. The zero-order valence-electron chi connectivity index (χ0n) is 7.35. The van der Waals surface area contributed by atoms with E-state index in [1.165, 1.54) is 24.3 Å². The zero-order chi connectivity index (χ0) is 10.8. The molecule has 0 amide bonds. The van der Waals surface area contributed by atoms with Crippen LogP contribution < -0.4 is 0 Å². The molecular formula is C9H5FN2O2S. The van der Waals surface area contributed by atoms with Crippen LogP contribution in [0.5, 0.6) is 0 Å². The Hall–Kier alpha value is -1.82. The summed E-state index contributed by atoms with van der Waals surface area (Å²) in [6.45, 7) is 0. The van der Waals surface area contributed by atoms with E-state index >= 15 is 0 Å². The summed E-state index contributed by atoms with van der Waals surface area (Å²) in [4.78, 5) is 10.8. The number of hydrogen-bond donors (Lipinski definition) is 1. The molecule has 0 unspecified atom stereocenters. The Morgan fingerprint density at radius 1 is 1.33 bits per heavy atom. The van der Waals surface area contributed by atoms with Crippen LogP contribution >= 0.6 is 11.5 Å². The summed E-state index contributed by atoms with van der Waals surface area (Å²) in [5.41, 5.74) is 0.815. The van der Waals surface area contributed by atoms with E-state index < -0.39 is 5.97 Å². The number of carboxylic acid groups (broad SMARTS) is 1. The van der Waals surface area contributed by atoms with Crippen LogP contribution in [0.25, 0.3) is 11.3 Å². The molecule has 1 aromatic carbocycles. The normalized spacial score (nSPS) is 10.2. The maximum absolute atomic E-state index is 12.6. The summed E-state index contributed by atoms with van der Waals surface area (Å²) >= 11 is 0.802. The highest BCUT2D eigenvalue weighted by Crippen LogP contribution is 2.23. The maximum atomic E-state index is 12.6.